The molecule has 0 spiro atoms. The fourth-order valence-electron chi connectivity index (χ4n) is 3.96. The van der Waals surface area contributed by atoms with Crippen molar-refractivity contribution < 1.29 is 18.8 Å². The molecule has 0 atom stereocenters. The molecule has 170 valence electrons. The SMILES string of the molecule is C1CCCCC1.CC(C)C(=O)CNC(=O)c1cc(C2CN(C(=O)C3CC3)C2)ccc1F. The molecule has 1 aromatic rings. The fourth-order valence-corrected chi connectivity index (χ4v) is 3.96. The lowest BCUT2D eigenvalue weighted by atomic mass is 9.89. The van der Waals surface area contributed by atoms with Gasteiger partial charge in [0.2, 0.25) is 5.91 Å². The first kappa shape index (κ1) is 23.4. The number of Topliss-reactive ketones (excluding diaryl/α,β-unsaturated/α-hetero) is 1. The first-order chi connectivity index (χ1) is 14.9. The second kappa shape index (κ2) is 10.9. The summed E-state index contributed by atoms with van der Waals surface area (Å²) in [5.74, 6) is -0.925. The molecule has 1 aliphatic heterocycles. The van der Waals surface area contributed by atoms with E-state index in [0.29, 0.717) is 13.1 Å². The standard InChI is InChI=1S/C19H23FN2O3.C6H12/c1-11(2)17(23)8-21-18(24)15-7-13(5-6-16(15)20)14-9-22(10-14)19(25)12-3-4-12;1-2-4-6-5-3-1/h5-7,11-12,14H,3-4,8-10H2,1-2H3,(H,21,24);1-6H2. The van der Waals surface area contributed by atoms with Crippen molar-refractivity contribution in [2.45, 2.75) is 71.1 Å². The first-order valence-corrected chi connectivity index (χ1v) is 11.8. The van der Waals surface area contributed by atoms with Crippen LogP contribution in [0.15, 0.2) is 18.2 Å². The van der Waals surface area contributed by atoms with Crippen LogP contribution >= 0.6 is 0 Å². The molecule has 2 aliphatic carbocycles. The van der Waals surface area contributed by atoms with Crippen molar-refractivity contribution in [2.75, 3.05) is 19.6 Å². The summed E-state index contributed by atoms with van der Waals surface area (Å²) in [7, 11) is 0. The molecule has 1 N–H and O–H groups in total. The van der Waals surface area contributed by atoms with Gasteiger partial charge in [0.05, 0.1) is 12.1 Å². The Kier molecular flexibility index (Phi) is 8.22. The monoisotopic (exact) mass is 430 g/mol. The molecule has 1 aromatic carbocycles. The lowest BCUT2D eigenvalue weighted by Crippen LogP contribution is -2.49. The lowest BCUT2D eigenvalue weighted by molar-refractivity contribution is -0.137. The summed E-state index contributed by atoms with van der Waals surface area (Å²) in [5, 5.41) is 2.48. The van der Waals surface area contributed by atoms with Crippen LogP contribution in [-0.4, -0.2) is 42.1 Å². The minimum absolute atomic E-state index is 0.0546. The Balaban J connectivity index is 0.000000391. The largest absolute Gasteiger partial charge is 0.345 e. The van der Waals surface area contributed by atoms with Crippen LogP contribution in [0.1, 0.15) is 87.1 Å². The Morgan fingerprint density at radius 3 is 2.13 bits per heavy atom. The van der Waals surface area contributed by atoms with Gasteiger partial charge < -0.3 is 10.2 Å². The van der Waals surface area contributed by atoms with Crippen molar-refractivity contribution in [2.24, 2.45) is 11.8 Å². The van der Waals surface area contributed by atoms with Crippen LogP contribution in [0.25, 0.3) is 0 Å². The van der Waals surface area contributed by atoms with E-state index in [0.717, 1.165) is 18.4 Å². The van der Waals surface area contributed by atoms with E-state index < -0.39 is 11.7 Å². The van der Waals surface area contributed by atoms with Gasteiger partial charge in [0.15, 0.2) is 5.78 Å². The molecular formula is C25H35FN2O3. The number of nitrogens with zero attached hydrogens (tertiary/aromatic N) is 1. The number of halogens is 1. The van der Waals surface area contributed by atoms with E-state index in [1.54, 1.807) is 19.9 Å². The highest BCUT2D eigenvalue weighted by atomic mass is 19.1. The molecule has 0 unspecified atom stereocenters. The molecule has 0 aromatic heterocycles. The molecule has 1 heterocycles. The summed E-state index contributed by atoms with van der Waals surface area (Å²) in [6, 6.07) is 4.48. The summed E-state index contributed by atoms with van der Waals surface area (Å²) in [4.78, 5) is 37.6. The highest BCUT2D eigenvalue weighted by molar-refractivity contribution is 5.97. The zero-order valence-corrected chi connectivity index (χ0v) is 18.8. The summed E-state index contributed by atoms with van der Waals surface area (Å²) < 4.78 is 14.0. The molecule has 5 nitrogen and oxygen atoms in total. The average Bonchev–Trinajstić information content (AvgIpc) is 3.59. The predicted octanol–water partition coefficient (Wildman–Crippen LogP) is 4.46. The Labute approximate surface area is 184 Å². The van der Waals surface area contributed by atoms with E-state index in [4.69, 9.17) is 0 Å². The third-order valence-corrected chi connectivity index (χ3v) is 6.39. The Bertz CT molecular complexity index is 782. The van der Waals surface area contributed by atoms with Gasteiger partial charge >= 0.3 is 0 Å². The van der Waals surface area contributed by atoms with Gasteiger partial charge in [0, 0.05) is 30.8 Å². The maximum atomic E-state index is 14.0. The van der Waals surface area contributed by atoms with Gasteiger partial charge in [-0.1, -0.05) is 58.4 Å². The lowest BCUT2D eigenvalue weighted by Gasteiger charge is -2.40. The minimum atomic E-state index is -0.608. The number of hydrogen-bond donors (Lipinski definition) is 1. The van der Waals surface area contributed by atoms with E-state index in [1.807, 2.05) is 4.90 Å². The van der Waals surface area contributed by atoms with Gasteiger partial charge in [-0.15, -0.1) is 0 Å². The summed E-state index contributed by atoms with van der Waals surface area (Å²) >= 11 is 0. The normalized spacial score (nSPS) is 18.6. The molecular weight excluding hydrogens is 395 g/mol. The van der Waals surface area contributed by atoms with Crippen molar-refractivity contribution in [1.29, 1.82) is 0 Å². The third kappa shape index (κ3) is 6.62. The van der Waals surface area contributed by atoms with Gasteiger partial charge in [-0.25, -0.2) is 4.39 Å². The molecule has 1 saturated heterocycles. The molecule has 6 heteroatoms. The second-order valence-electron chi connectivity index (χ2n) is 9.38. The molecule has 0 radical (unpaired) electrons. The number of hydrogen-bond acceptors (Lipinski definition) is 3. The van der Waals surface area contributed by atoms with E-state index >= 15 is 0 Å². The summed E-state index contributed by atoms with van der Waals surface area (Å²) in [6.07, 6.45) is 11.0. The van der Waals surface area contributed by atoms with Crippen molar-refractivity contribution >= 4 is 17.6 Å². The zero-order valence-electron chi connectivity index (χ0n) is 18.8. The van der Waals surface area contributed by atoms with Crippen LogP contribution < -0.4 is 5.32 Å². The Morgan fingerprint density at radius 1 is 1.03 bits per heavy atom. The van der Waals surface area contributed by atoms with Gasteiger partial charge in [0.1, 0.15) is 5.82 Å². The number of nitrogens with one attached hydrogen (secondary N) is 1. The van der Waals surface area contributed by atoms with Crippen LogP contribution in [-0.2, 0) is 9.59 Å². The average molecular weight is 431 g/mol. The van der Waals surface area contributed by atoms with Crippen molar-refractivity contribution in [1.82, 2.24) is 10.2 Å². The van der Waals surface area contributed by atoms with Crippen LogP contribution in [0.4, 0.5) is 4.39 Å². The van der Waals surface area contributed by atoms with Gasteiger partial charge in [-0.05, 0) is 30.5 Å². The maximum Gasteiger partial charge on any atom is 0.254 e. The van der Waals surface area contributed by atoms with Crippen LogP contribution in [0.3, 0.4) is 0 Å². The van der Waals surface area contributed by atoms with Gasteiger partial charge in [0.25, 0.3) is 5.91 Å². The summed E-state index contributed by atoms with van der Waals surface area (Å²) in [6.45, 7) is 4.64. The quantitative estimate of drug-likeness (QED) is 0.725. The number of carbonyl (C=O) groups excluding carboxylic acids is 3. The zero-order chi connectivity index (χ0) is 22.4. The van der Waals surface area contributed by atoms with Crippen molar-refractivity contribution in [3.8, 4) is 0 Å². The predicted molar refractivity (Wildman–Crippen MR) is 118 cm³/mol. The number of likely N-dealkylation sites (tertiary alicyclic amines) is 1. The number of amides is 2. The third-order valence-electron chi connectivity index (χ3n) is 6.39. The van der Waals surface area contributed by atoms with E-state index in [-0.39, 0.29) is 41.6 Å². The number of carbonyl (C=O) groups is 3. The fraction of sp³-hybridized carbons (Fsp3) is 0.640. The molecule has 3 fully saturated rings. The molecule has 2 amide bonds. The van der Waals surface area contributed by atoms with Gasteiger partial charge in [-0.3, -0.25) is 14.4 Å². The molecule has 3 aliphatic rings. The smallest absolute Gasteiger partial charge is 0.254 e. The molecule has 0 bridgehead atoms. The highest BCUT2D eigenvalue weighted by Gasteiger charge is 2.39. The number of benzene rings is 1. The Morgan fingerprint density at radius 2 is 1.61 bits per heavy atom. The van der Waals surface area contributed by atoms with E-state index in [1.165, 1.54) is 50.7 Å². The van der Waals surface area contributed by atoms with Crippen molar-refractivity contribution in [3.63, 3.8) is 0 Å². The van der Waals surface area contributed by atoms with Crippen molar-refractivity contribution in [3.05, 3.63) is 35.1 Å². The topological polar surface area (TPSA) is 66.5 Å². The Hall–Kier alpha value is -2.24. The van der Waals surface area contributed by atoms with Crippen LogP contribution in [0.2, 0.25) is 0 Å². The highest BCUT2D eigenvalue weighted by Crippen LogP contribution is 2.36. The van der Waals surface area contributed by atoms with Crippen LogP contribution in [0, 0.1) is 17.7 Å². The number of ketones is 1. The van der Waals surface area contributed by atoms with E-state index in [2.05, 4.69) is 5.32 Å². The molecule has 31 heavy (non-hydrogen) atoms. The van der Waals surface area contributed by atoms with Crippen LogP contribution in [0.5, 0.6) is 0 Å². The first-order valence-electron chi connectivity index (χ1n) is 11.8. The molecule has 4 rings (SSSR count). The van der Waals surface area contributed by atoms with Gasteiger partial charge in [-0.2, -0.15) is 0 Å². The molecule has 2 saturated carbocycles. The van der Waals surface area contributed by atoms with E-state index in [9.17, 15) is 18.8 Å². The summed E-state index contributed by atoms with van der Waals surface area (Å²) in [5.41, 5.74) is 0.794. The second-order valence-corrected chi connectivity index (χ2v) is 9.38. The minimum Gasteiger partial charge on any atom is -0.345 e. The maximum absolute atomic E-state index is 14.0. The number of rotatable bonds is 6.